The second-order valence-electron chi connectivity index (χ2n) is 4.25. The van der Waals surface area contributed by atoms with Gasteiger partial charge < -0.3 is 4.43 Å². The van der Waals surface area contributed by atoms with Crippen molar-refractivity contribution in [3.05, 3.63) is 10.8 Å². The second-order valence-corrected chi connectivity index (χ2v) is 9.13. The quantitative estimate of drug-likeness (QED) is 0.621. The van der Waals surface area contributed by atoms with Gasteiger partial charge in [-0.1, -0.05) is 11.6 Å². The topological polar surface area (TPSA) is 9.23 Å². The lowest BCUT2D eigenvalue weighted by Gasteiger charge is -2.25. The number of rotatable bonds is 2. The van der Waals surface area contributed by atoms with E-state index in [-0.39, 0.29) is 0 Å². The molecule has 0 bridgehead atoms. The van der Waals surface area contributed by atoms with Gasteiger partial charge in [0.15, 0.2) is 0 Å². The van der Waals surface area contributed by atoms with Crippen molar-refractivity contribution < 1.29 is 4.43 Å². The minimum Gasteiger partial charge on any atom is -0.546 e. The molecule has 0 aromatic carbocycles. The number of hydrogen-bond donors (Lipinski definition) is 0. The highest BCUT2D eigenvalue weighted by molar-refractivity contribution is 6.70. The first kappa shape index (κ1) is 10.1. The molecular formula is C9H17ClOSi. The maximum absolute atomic E-state index is 6.07. The van der Waals surface area contributed by atoms with Gasteiger partial charge in [-0.25, -0.2) is 0 Å². The Morgan fingerprint density at radius 1 is 1.17 bits per heavy atom. The third-order valence-electron chi connectivity index (χ3n) is 1.78. The van der Waals surface area contributed by atoms with E-state index in [1.165, 1.54) is 12.8 Å². The van der Waals surface area contributed by atoms with Gasteiger partial charge in [-0.3, -0.25) is 0 Å². The zero-order valence-corrected chi connectivity index (χ0v) is 9.87. The summed E-state index contributed by atoms with van der Waals surface area (Å²) in [5.74, 6) is 1.07. The third-order valence-corrected chi connectivity index (χ3v) is 3.04. The third kappa shape index (κ3) is 3.19. The molecule has 70 valence electrons. The van der Waals surface area contributed by atoms with Crippen LogP contribution < -0.4 is 0 Å². The zero-order valence-electron chi connectivity index (χ0n) is 8.11. The normalized spacial score (nSPS) is 19.7. The standard InChI is InChI=1S/C9H17ClOSi/c1-12(2,3)11-9-7-5-4-6-8(9)10/h4-7H2,1-3H3. The summed E-state index contributed by atoms with van der Waals surface area (Å²) in [5.41, 5.74) is 0. The Balaban J connectivity index is 2.61. The molecule has 0 amide bonds. The van der Waals surface area contributed by atoms with Crippen LogP contribution in [0.4, 0.5) is 0 Å². The van der Waals surface area contributed by atoms with Gasteiger partial charge in [0.1, 0.15) is 0 Å². The molecule has 0 saturated heterocycles. The Hall–Kier alpha value is 0.0469. The Kier molecular flexibility index (Phi) is 3.24. The maximum atomic E-state index is 6.07. The van der Waals surface area contributed by atoms with Gasteiger partial charge in [0, 0.05) is 6.42 Å². The van der Waals surface area contributed by atoms with Crippen molar-refractivity contribution in [1.29, 1.82) is 0 Å². The molecular weight excluding hydrogens is 188 g/mol. The van der Waals surface area contributed by atoms with Crippen LogP contribution in [0.1, 0.15) is 25.7 Å². The average Bonchev–Trinajstić information content (AvgIpc) is 1.91. The first-order valence-electron chi connectivity index (χ1n) is 4.55. The fourth-order valence-electron chi connectivity index (χ4n) is 1.32. The fourth-order valence-corrected chi connectivity index (χ4v) is 2.61. The molecule has 1 aliphatic carbocycles. The fraction of sp³-hybridized carbons (Fsp3) is 0.778. The average molecular weight is 205 g/mol. The molecule has 0 aromatic rings. The van der Waals surface area contributed by atoms with Gasteiger partial charge >= 0.3 is 0 Å². The van der Waals surface area contributed by atoms with E-state index < -0.39 is 8.32 Å². The summed E-state index contributed by atoms with van der Waals surface area (Å²) >= 11 is 6.07. The van der Waals surface area contributed by atoms with E-state index in [2.05, 4.69) is 19.6 Å². The molecule has 0 unspecified atom stereocenters. The largest absolute Gasteiger partial charge is 0.546 e. The van der Waals surface area contributed by atoms with Crippen LogP contribution in [0.15, 0.2) is 10.8 Å². The van der Waals surface area contributed by atoms with E-state index in [4.69, 9.17) is 16.0 Å². The molecule has 1 aliphatic rings. The Bertz CT molecular complexity index is 193. The van der Waals surface area contributed by atoms with E-state index in [9.17, 15) is 0 Å². The molecule has 0 aromatic heterocycles. The van der Waals surface area contributed by atoms with E-state index >= 15 is 0 Å². The number of allylic oxidation sites excluding steroid dienone is 2. The summed E-state index contributed by atoms with van der Waals surface area (Å²) in [6.07, 6.45) is 4.51. The second kappa shape index (κ2) is 3.84. The van der Waals surface area contributed by atoms with Crippen molar-refractivity contribution in [2.45, 2.75) is 45.3 Å². The molecule has 0 radical (unpaired) electrons. The summed E-state index contributed by atoms with van der Waals surface area (Å²) in [6, 6.07) is 0. The Labute approximate surface area is 80.9 Å². The van der Waals surface area contributed by atoms with Crippen LogP contribution >= 0.6 is 11.6 Å². The van der Waals surface area contributed by atoms with Crippen molar-refractivity contribution >= 4 is 19.9 Å². The molecule has 1 rings (SSSR count). The Morgan fingerprint density at radius 3 is 2.25 bits per heavy atom. The first-order chi connectivity index (χ1) is 5.49. The Morgan fingerprint density at radius 2 is 1.75 bits per heavy atom. The smallest absolute Gasteiger partial charge is 0.241 e. The van der Waals surface area contributed by atoms with Gasteiger partial charge in [-0.15, -0.1) is 0 Å². The maximum Gasteiger partial charge on any atom is 0.241 e. The number of hydrogen-bond acceptors (Lipinski definition) is 1. The summed E-state index contributed by atoms with van der Waals surface area (Å²) in [4.78, 5) is 0. The predicted molar refractivity (Wildman–Crippen MR) is 55.8 cm³/mol. The van der Waals surface area contributed by atoms with Gasteiger partial charge in [0.2, 0.25) is 8.32 Å². The lowest BCUT2D eigenvalue weighted by Crippen LogP contribution is -2.25. The van der Waals surface area contributed by atoms with Crippen molar-refractivity contribution in [1.82, 2.24) is 0 Å². The summed E-state index contributed by atoms with van der Waals surface area (Å²) < 4.78 is 5.88. The molecule has 0 atom stereocenters. The molecule has 0 fully saturated rings. The summed E-state index contributed by atoms with van der Waals surface area (Å²) in [6.45, 7) is 6.58. The molecule has 1 nitrogen and oxygen atoms in total. The molecule has 0 aliphatic heterocycles. The van der Waals surface area contributed by atoms with Gasteiger partial charge in [-0.05, 0) is 38.9 Å². The highest BCUT2D eigenvalue weighted by Crippen LogP contribution is 2.30. The van der Waals surface area contributed by atoms with Crippen molar-refractivity contribution in [3.63, 3.8) is 0 Å². The summed E-state index contributed by atoms with van der Waals surface area (Å²) in [7, 11) is -1.43. The molecule has 12 heavy (non-hydrogen) atoms. The van der Waals surface area contributed by atoms with Crippen LogP contribution in [0.5, 0.6) is 0 Å². The van der Waals surface area contributed by atoms with Crippen LogP contribution in [0, 0.1) is 0 Å². The van der Waals surface area contributed by atoms with Crippen LogP contribution in [0.3, 0.4) is 0 Å². The van der Waals surface area contributed by atoms with E-state index in [0.717, 1.165) is 23.6 Å². The molecule has 3 heteroatoms. The lowest BCUT2D eigenvalue weighted by atomic mass is 10.1. The van der Waals surface area contributed by atoms with Gasteiger partial charge in [-0.2, -0.15) is 0 Å². The van der Waals surface area contributed by atoms with E-state index in [1.54, 1.807) is 0 Å². The van der Waals surface area contributed by atoms with Crippen LogP contribution in [-0.4, -0.2) is 8.32 Å². The van der Waals surface area contributed by atoms with Crippen molar-refractivity contribution in [3.8, 4) is 0 Å². The minimum absolute atomic E-state index is 0.962. The predicted octanol–water partition coefficient (Wildman–Crippen LogP) is 3.86. The molecule has 0 N–H and O–H groups in total. The van der Waals surface area contributed by atoms with Crippen molar-refractivity contribution in [2.24, 2.45) is 0 Å². The lowest BCUT2D eigenvalue weighted by molar-refractivity contribution is 0.377. The first-order valence-corrected chi connectivity index (χ1v) is 8.34. The van der Waals surface area contributed by atoms with E-state index in [1.807, 2.05) is 0 Å². The number of halogens is 1. The van der Waals surface area contributed by atoms with Gasteiger partial charge in [0.25, 0.3) is 0 Å². The highest BCUT2D eigenvalue weighted by atomic mass is 35.5. The van der Waals surface area contributed by atoms with E-state index in [0.29, 0.717) is 0 Å². The SMILES string of the molecule is C[Si](C)(C)OC1=C(Cl)CCCC1. The van der Waals surface area contributed by atoms with Crippen molar-refractivity contribution in [2.75, 3.05) is 0 Å². The molecule has 0 saturated carbocycles. The van der Waals surface area contributed by atoms with Gasteiger partial charge in [0.05, 0.1) is 10.8 Å². The highest BCUT2D eigenvalue weighted by Gasteiger charge is 2.21. The monoisotopic (exact) mass is 204 g/mol. The van der Waals surface area contributed by atoms with Crippen LogP contribution in [0.2, 0.25) is 19.6 Å². The minimum atomic E-state index is -1.43. The molecule has 0 heterocycles. The molecule has 0 spiro atoms. The zero-order chi connectivity index (χ0) is 9.19. The summed E-state index contributed by atoms with van der Waals surface area (Å²) in [5, 5.41) is 0.962. The van der Waals surface area contributed by atoms with Crippen LogP contribution in [0.25, 0.3) is 0 Å². The van der Waals surface area contributed by atoms with Crippen LogP contribution in [-0.2, 0) is 4.43 Å².